The fraction of sp³-hybridized carbons (Fsp3) is 0.900. The summed E-state index contributed by atoms with van der Waals surface area (Å²) in [7, 11) is -4.81. The van der Waals surface area contributed by atoms with Crippen LogP contribution in [0, 0.1) is 0 Å². The summed E-state index contributed by atoms with van der Waals surface area (Å²) in [6.45, 7) is 14.5. The fourth-order valence-electron chi connectivity index (χ4n) is 3.54. The molecule has 0 aromatic rings. The smallest absolute Gasteiger partial charge is 0.277 e. The van der Waals surface area contributed by atoms with E-state index in [-0.39, 0.29) is 10.7 Å². The van der Waals surface area contributed by atoms with Crippen molar-refractivity contribution in [3.63, 3.8) is 0 Å². The van der Waals surface area contributed by atoms with Crippen molar-refractivity contribution in [2.75, 3.05) is 32.7 Å². The van der Waals surface area contributed by atoms with Crippen molar-refractivity contribution in [3.8, 4) is 0 Å². The van der Waals surface area contributed by atoms with E-state index in [1.165, 1.54) is 82.0 Å². The molecule has 0 aromatic heterocycles. The van der Waals surface area contributed by atoms with Crippen LogP contribution in [0.1, 0.15) is 79.1 Å². The molecule has 0 aliphatic carbocycles. The van der Waals surface area contributed by atoms with Gasteiger partial charge < -0.3 is 14.4 Å². The Morgan fingerprint density at radius 2 is 1.37 bits per heavy atom. The van der Waals surface area contributed by atoms with Gasteiger partial charge in [0.05, 0.1) is 32.7 Å². The third kappa shape index (κ3) is 9.28. The van der Waals surface area contributed by atoms with Gasteiger partial charge in [0.15, 0.2) is 16.0 Å². The highest BCUT2D eigenvalue weighted by atomic mass is 32.2. The standard InChI is InChI=1S/C16H36N.C4H7N3O5S/c1-5-9-13-17(14-10-6-2,15-11-7-3)16-12-8-4;5-4(6-2-8)1-7(3(4)9)13(10,11)12/h5-16H2,1-4H3;2H,1,5H2,(H,6,8)(H,10,11,12)/q+1;/p-1. The molecule has 1 aliphatic rings. The normalized spacial score (nSPS) is 19.0. The van der Waals surface area contributed by atoms with Crippen molar-refractivity contribution in [2.24, 2.45) is 5.73 Å². The summed E-state index contributed by atoms with van der Waals surface area (Å²) in [4.78, 5) is 20.8. The molecule has 0 radical (unpaired) electrons. The van der Waals surface area contributed by atoms with Gasteiger partial charge in [-0.15, -0.1) is 0 Å². The summed E-state index contributed by atoms with van der Waals surface area (Å²) in [5.41, 5.74) is 3.46. The topological polar surface area (TPSA) is 133 Å². The number of rotatable bonds is 15. The minimum atomic E-state index is -4.81. The molecule has 1 aliphatic heterocycles. The molecule has 1 heterocycles. The van der Waals surface area contributed by atoms with Crippen molar-refractivity contribution in [1.29, 1.82) is 0 Å². The molecule has 9 nitrogen and oxygen atoms in total. The predicted octanol–water partition coefficient (Wildman–Crippen LogP) is 1.69. The van der Waals surface area contributed by atoms with Gasteiger partial charge in [-0.3, -0.25) is 15.3 Å². The van der Waals surface area contributed by atoms with Crippen LogP contribution in [-0.2, 0) is 19.9 Å². The van der Waals surface area contributed by atoms with E-state index < -0.39 is 28.4 Å². The monoisotopic (exact) mass is 450 g/mol. The molecule has 30 heavy (non-hydrogen) atoms. The molecule has 0 spiro atoms. The number of quaternary nitrogens is 1. The molecule has 2 amide bonds. The van der Waals surface area contributed by atoms with Gasteiger partial charge >= 0.3 is 0 Å². The van der Waals surface area contributed by atoms with Gasteiger partial charge in [0.1, 0.15) is 0 Å². The number of amides is 2. The van der Waals surface area contributed by atoms with E-state index in [1.807, 2.05) is 5.32 Å². The van der Waals surface area contributed by atoms with Crippen LogP contribution in [0.3, 0.4) is 0 Å². The third-order valence-corrected chi connectivity index (χ3v) is 6.37. The Kier molecular flexibility index (Phi) is 13.4. The lowest BCUT2D eigenvalue weighted by Crippen LogP contribution is -2.78. The van der Waals surface area contributed by atoms with Crippen LogP contribution in [0.25, 0.3) is 0 Å². The first-order chi connectivity index (χ1) is 14.1. The molecule has 3 N–H and O–H groups in total. The van der Waals surface area contributed by atoms with Crippen LogP contribution >= 0.6 is 0 Å². The Balaban J connectivity index is 0.000000579. The molecule has 1 atom stereocenters. The summed E-state index contributed by atoms with van der Waals surface area (Å²) in [5, 5.41) is 1.91. The molecule has 1 saturated heterocycles. The molecule has 0 bridgehead atoms. The molecular formula is C20H42N4O5S. The lowest BCUT2D eigenvalue weighted by Gasteiger charge is -2.45. The van der Waals surface area contributed by atoms with Gasteiger partial charge in [-0.05, 0) is 25.7 Å². The van der Waals surface area contributed by atoms with Gasteiger partial charge in [-0.2, -0.15) is 0 Å². The summed E-state index contributed by atoms with van der Waals surface area (Å²) in [5.74, 6) is -1.13. The summed E-state index contributed by atoms with van der Waals surface area (Å²) in [6, 6.07) is 0. The molecule has 1 rings (SSSR count). The highest BCUT2D eigenvalue weighted by molar-refractivity contribution is 7.84. The van der Waals surface area contributed by atoms with E-state index in [2.05, 4.69) is 27.7 Å². The van der Waals surface area contributed by atoms with Gasteiger partial charge in [-0.25, -0.2) is 12.7 Å². The number of nitrogens with two attached hydrogens (primary N) is 1. The molecule has 178 valence electrons. The van der Waals surface area contributed by atoms with E-state index in [4.69, 9.17) is 5.73 Å². The summed E-state index contributed by atoms with van der Waals surface area (Å²) >= 11 is 0. The minimum absolute atomic E-state index is 0.0451. The number of β-lactam (4-membered cyclic amide) rings is 1. The van der Waals surface area contributed by atoms with Crippen LogP contribution in [0.15, 0.2) is 0 Å². The first-order valence-corrected chi connectivity index (χ1v) is 12.6. The van der Waals surface area contributed by atoms with Gasteiger partial charge in [0, 0.05) is 0 Å². The van der Waals surface area contributed by atoms with Crippen molar-refractivity contribution in [3.05, 3.63) is 0 Å². The van der Waals surface area contributed by atoms with Crippen molar-refractivity contribution >= 4 is 22.6 Å². The fourth-order valence-corrected chi connectivity index (χ4v) is 4.26. The predicted molar refractivity (Wildman–Crippen MR) is 117 cm³/mol. The number of carbonyl (C=O) groups excluding carboxylic acids is 2. The molecule has 0 aromatic carbocycles. The molecular weight excluding hydrogens is 408 g/mol. The number of unbranched alkanes of at least 4 members (excludes halogenated alkanes) is 4. The lowest BCUT2D eigenvalue weighted by molar-refractivity contribution is -0.929. The van der Waals surface area contributed by atoms with E-state index in [0.717, 1.165) is 0 Å². The number of hydrogen-bond acceptors (Lipinski definition) is 6. The number of carbonyl (C=O) groups is 2. The average molecular weight is 451 g/mol. The Hall–Kier alpha value is -1.23. The van der Waals surface area contributed by atoms with Gasteiger partial charge in [0.25, 0.3) is 5.91 Å². The van der Waals surface area contributed by atoms with Crippen molar-refractivity contribution in [2.45, 2.75) is 84.7 Å². The second-order valence-electron chi connectivity index (χ2n) is 8.15. The van der Waals surface area contributed by atoms with E-state index in [0.29, 0.717) is 0 Å². The third-order valence-electron chi connectivity index (χ3n) is 5.53. The molecule has 10 heteroatoms. The van der Waals surface area contributed by atoms with Gasteiger partial charge in [0.2, 0.25) is 6.41 Å². The Morgan fingerprint density at radius 3 is 1.60 bits per heavy atom. The molecule has 1 unspecified atom stereocenters. The summed E-state index contributed by atoms with van der Waals surface area (Å²) < 4.78 is 32.3. The lowest BCUT2D eigenvalue weighted by atomic mass is 10.0. The SMILES string of the molecule is CCCC[N+](CCCC)(CCCC)CCCC.NC1(NC=O)CN(S(=O)(=O)[O-])C1=O. The molecule has 1 fully saturated rings. The second-order valence-corrected chi connectivity index (χ2v) is 9.45. The zero-order valence-electron chi connectivity index (χ0n) is 19.2. The minimum Gasteiger partial charge on any atom is -0.731 e. The maximum absolute atomic E-state index is 10.9. The zero-order valence-corrected chi connectivity index (χ0v) is 20.0. The van der Waals surface area contributed by atoms with Crippen molar-refractivity contribution < 1.29 is 27.0 Å². The van der Waals surface area contributed by atoms with Crippen molar-refractivity contribution in [1.82, 2.24) is 9.62 Å². The van der Waals surface area contributed by atoms with Crippen LogP contribution < -0.4 is 11.1 Å². The van der Waals surface area contributed by atoms with Crippen LogP contribution in [0.4, 0.5) is 0 Å². The average Bonchev–Trinajstić information content (AvgIpc) is 2.70. The maximum Gasteiger partial charge on any atom is 0.277 e. The maximum atomic E-state index is 10.9. The van der Waals surface area contributed by atoms with E-state index >= 15 is 0 Å². The highest BCUT2D eigenvalue weighted by Crippen LogP contribution is 2.19. The quantitative estimate of drug-likeness (QED) is 0.128. The highest BCUT2D eigenvalue weighted by Gasteiger charge is 2.52. The number of nitrogens with one attached hydrogen (secondary N) is 1. The zero-order chi connectivity index (χ0) is 23.3. The Labute approximate surface area is 182 Å². The van der Waals surface area contributed by atoms with Crippen LogP contribution in [-0.4, -0.2) is 72.5 Å². The largest absolute Gasteiger partial charge is 0.731 e. The number of nitrogens with zero attached hydrogens (tertiary/aromatic N) is 2. The number of hydrogen-bond donors (Lipinski definition) is 2. The van der Waals surface area contributed by atoms with E-state index in [9.17, 15) is 22.6 Å². The van der Waals surface area contributed by atoms with Crippen LogP contribution in [0.2, 0.25) is 0 Å². The first-order valence-electron chi connectivity index (χ1n) is 11.2. The first kappa shape index (κ1) is 28.8. The Morgan fingerprint density at radius 1 is 1.00 bits per heavy atom. The second kappa shape index (κ2) is 14.0. The molecule has 0 saturated carbocycles. The van der Waals surface area contributed by atoms with Gasteiger partial charge in [-0.1, -0.05) is 53.4 Å². The summed E-state index contributed by atoms with van der Waals surface area (Å²) in [6.07, 6.45) is 11.2. The van der Waals surface area contributed by atoms with E-state index in [1.54, 1.807) is 0 Å². The Bertz CT molecular complexity index is 577. The van der Waals surface area contributed by atoms with Crippen LogP contribution in [0.5, 0.6) is 0 Å².